The first-order valence-electron chi connectivity index (χ1n) is 14.4. The molecule has 0 aliphatic carbocycles. The van der Waals surface area contributed by atoms with Crippen molar-refractivity contribution in [1.29, 1.82) is 0 Å². The molecule has 238 valence electrons. The maximum atomic E-state index is 13.9. The standard InChI is InChI=1S/C31H36F7NO4/c1-18(21-14-22(30(33,34)35)16-23(15-21)31(36,37)38)43-27-26(20-4-6-24(32)7-5-20)25(8-13-41-27)39-11-9-29(10-12-39)19(2)42-17-28(29,3)40/h4-7,14-16,18-19,25-27,40H,8-13,17H2,1-3H3/t18-,19?,25-,26-,27-,28?/m1/s1. The van der Waals surface area contributed by atoms with Crippen LogP contribution in [0.2, 0.25) is 0 Å². The minimum atomic E-state index is -4.99. The lowest BCUT2D eigenvalue weighted by molar-refractivity contribution is -0.214. The monoisotopic (exact) mass is 619 g/mol. The maximum Gasteiger partial charge on any atom is 0.416 e. The van der Waals surface area contributed by atoms with Gasteiger partial charge in [-0.1, -0.05) is 12.1 Å². The molecular formula is C31H36F7NO4. The molecule has 1 N–H and O–H groups in total. The molecule has 5 nitrogen and oxygen atoms in total. The van der Waals surface area contributed by atoms with E-state index in [-0.39, 0.29) is 37.0 Å². The summed E-state index contributed by atoms with van der Waals surface area (Å²) in [6.45, 7) is 6.89. The van der Waals surface area contributed by atoms with Gasteiger partial charge in [-0.2, -0.15) is 26.3 Å². The first-order chi connectivity index (χ1) is 20.0. The summed E-state index contributed by atoms with van der Waals surface area (Å²) in [5, 5.41) is 11.1. The molecule has 0 amide bonds. The van der Waals surface area contributed by atoms with Crippen molar-refractivity contribution in [3.8, 4) is 0 Å². The van der Waals surface area contributed by atoms with E-state index in [1.54, 1.807) is 19.1 Å². The molecule has 12 heteroatoms. The Kier molecular flexibility index (Phi) is 8.67. The Morgan fingerprint density at radius 2 is 1.53 bits per heavy atom. The van der Waals surface area contributed by atoms with Gasteiger partial charge in [0.1, 0.15) is 5.82 Å². The molecule has 3 aliphatic heterocycles. The van der Waals surface area contributed by atoms with Crippen LogP contribution in [0.1, 0.15) is 74.3 Å². The van der Waals surface area contributed by atoms with Crippen LogP contribution < -0.4 is 0 Å². The molecule has 5 rings (SSSR count). The van der Waals surface area contributed by atoms with Crippen LogP contribution in [-0.4, -0.2) is 60.3 Å². The van der Waals surface area contributed by atoms with Crippen molar-refractivity contribution in [1.82, 2.24) is 4.90 Å². The van der Waals surface area contributed by atoms with E-state index in [1.165, 1.54) is 19.1 Å². The van der Waals surface area contributed by atoms with Gasteiger partial charge >= 0.3 is 12.4 Å². The van der Waals surface area contributed by atoms with Gasteiger partial charge in [0.25, 0.3) is 0 Å². The highest BCUT2D eigenvalue weighted by atomic mass is 19.4. The molecule has 1 spiro atoms. The van der Waals surface area contributed by atoms with E-state index in [4.69, 9.17) is 14.2 Å². The molecule has 2 aromatic carbocycles. The van der Waals surface area contributed by atoms with Crippen LogP contribution in [-0.2, 0) is 26.6 Å². The van der Waals surface area contributed by atoms with Crippen LogP contribution in [0.25, 0.3) is 0 Å². The lowest BCUT2D eigenvalue weighted by Gasteiger charge is -2.51. The minimum absolute atomic E-state index is 0.0847. The first-order valence-corrected chi connectivity index (χ1v) is 14.4. The predicted octanol–water partition coefficient (Wildman–Crippen LogP) is 7.09. The molecule has 6 atom stereocenters. The number of benzene rings is 2. The van der Waals surface area contributed by atoms with Crippen molar-refractivity contribution < 1.29 is 50.1 Å². The van der Waals surface area contributed by atoms with Crippen LogP contribution in [0, 0.1) is 11.2 Å². The van der Waals surface area contributed by atoms with E-state index in [2.05, 4.69) is 4.90 Å². The van der Waals surface area contributed by atoms with Gasteiger partial charge < -0.3 is 19.3 Å². The number of aliphatic hydroxyl groups is 1. The van der Waals surface area contributed by atoms with Gasteiger partial charge in [0.15, 0.2) is 6.29 Å². The average molecular weight is 620 g/mol. The van der Waals surface area contributed by atoms with E-state index >= 15 is 0 Å². The van der Waals surface area contributed by atoms with E-state index < -0.39 is 58.6 Å². The third-order valence-electron chi connectivity index (χ3n) is 9.70. The first kappa shape index (κ1) is 32.2. The Bertz CT molecular complexity index is 1240. The minimum Gasteiger partial charge on any atom is -0.387 e. The molecule has 2 unspecified atom stereocenters. The molecule has 0 bridgehead atoms. The number of nitrogens with zero attached hydrogens (tertiary/aromatic N) is 1. The summed E-state index contributed by atoms with van der Waals surface area (Å²) in [5.41, 5.74) is -3.85. The van der Waals surface area contributed by atoms with Gasteiger partial charge in [0.2, 0.25) is 0 Å². The summed E-state index contributed by atoms with van der Waals surface area (Å²) < 4.78 is 113. The van der Waals surface area contributed by atoms with Crippen molar-refractivity contribution in [2.45, 2.75) is 88.4 Å². The van der Waals surface area contributed by atoms with Crippen LogP contribution in [0.3, 0.4) is 0 Å². The van der Waals surface area contributed by atoms with Crippen LogP contribution in [0.15, 0.2) is 42.5 Å². The number of piperidine rings is 1. The third kappa shape index (κ3) is 6.31. The van der Waals surface area contributed by atoms with E-state index in [0.717, 1.165) is 0 Å². The molecule has 43 heavy (non-hydrogen) atoms. The summed E-state index contributed by atoms with van der Waals surface area (Å²) in [5.74, 6) is -0.972. The van der Waals surface area contributed by atoms with E-state index in [1.807, 2.05) is 6.92 Å². The van der Waals surface area contributed by atoms with Gasteiger partial charge in [-0.05, 0) is 94.6 Å². The zero-order chi connectivity index (χ0) is 31.4. The molecule has 0 saturated carbocycles. The lowest BCUT2D eigenvalue weighted by atomic mass is 9.65. The number of hydrogen-bond donors (Lipinski definition) is 1. The van der Waals surface area contributed by atoms with Crippen LogP contribution >= 0.6 is 0 Å². The topological polar surface area (TPSA) is 51.2 Å². The van der Waals surface area contributed by atoms with Crippen LogP contribution in [0.4, 0.5) is 30.7 Å². The second-order valence-corrected chi connectivity index (χ2v) is 12.2. The normalized spacial score (nSPS) is 31.0. The van der Waals surface area contributed by atoms with Gasteiger partial charge in [-0.25, -0.2) is 4.39 Å². The lowest BCUT2D eigenvalue weighted by Crippen LogP contribution is -2.58. The van der Waals surface area contributed by atoms with E-state index in [0.29, 0.717) is 50.0 Å². The SMILES string of the molecule is CC1OCC(C)(O)C12CCN([C@@H]1CCO[C@H](O[C@H](C)c3cc(C(F)(F)F)cc(C(F)(F)F)c3)[C@@H]1c1ccc(F)cc1)CC2. The largest absolute Gasteiger partial charge is 0.416 e. The molecule has 3 fully saturated rings. The van der Waals surface area contributed by atoms with Crippen molar-refractivity contribution in [2.24, 2.45) is 5.41 Å². The number of likely N-dealkylation sites (tertiary alicyclic amines) is 1. The molecule has 0 radical (unpaired) electrons. The summed E-state index contributed by atoms with van der Waals surface area (Å²) >= 11 is 0. The number of rotatable bonds is 5. The Hall–Kier alpha value is -2.25. The van der Waals surface area contributed by atoms with Crippen molar-refractivity contribution >= 4 is 0 Å². The molecule has 0 aromatic heterocycles. The maximum absolute atomic E-state index is 13.9. The second-order valence-electron chi connectivity index (χ2n) is 12.2. The highest BCUT2D eigenvalue weighted by Crippen LogP contribution is 2.51. The summed E-state index contributed by atoms with van der Waals surface area (Å²) in [6.07, 6.45) is -10.4. The average Bonchev–Trinajstić information content (AvgIpc) is 3.16. The van der Waals surface area contributed by atoms with Crippen molar-refractivity contribution in [3.63, 3.8) is 0 Å². The fraction of sp³-hybridized carbons (Fsp3) is 0.613. The van der Waals surface area contributed by atoms with Gasteiger partial charge in [-0.3, -0.25) is 4.90 Å². The molecule has 2 aromatic rings. The Labute approximate surface area is 245 Å². The molecule has 3 saturated heterocycles. The summed E-state index contributed by atoms with van der Waals surface area (Å²) in [4.78, 5) is 2.26. The third-order valence-corrected chi connectivity index (χ3v) is 9.70. The smallest absolute Gasteiger partial charge is 0.387 e. The molecule has 3 aliphatic rings. The fourth-order valence-electron chi connectivity index (χ4n) is 7.09. The van der Waals surface area contributed by atoms with Gasteiger partial charge in [-0.15, -0.1) is 0 Å². The quantitative estimate of drug-likeness (QED) is 0.363. The van der Waals surface area contributed by atoms with Crippen molar-refractivity contribution in [3.05, 3.63) is 70.5 Å². The van der Waals surface area contributed by atoms with E-state index in [9.17, 15) is 35.8 Å². The summed E-state index contributed by atoms with van der Waals surface area (Å²) in [6, 6.07) is 7.01. The predicted molar refractivity (Wildman–Crippen MR) is 143 cm³/mol. The van der Waals surface area contributed by atoms with Gasteiger partial charge in [0, 0.05) is 11.5 Å². The number of hydrogen-bond acceptors (Lipinski definition) is 5. The zero-order valence-electron chi connectivity index (χ0n) is 24.1. The second kappa shape index (κ2) is 11.6. The Balaban J connectivity index is 1.43. The highest BCUT2D eigenvalue weighted by molar-refractivity contribution is 5.35. The number of ether oxygens (including phenoxy) is 3. The Morgan fingerprint density at radius 1 is 0.953 bits per heavy atom. The number of halogens is 7. The highest BCUT2D eigenvalue weighted by Gasteiger charge is 2.58. The van der Waals surface area contributed by atoms with Crippen LogP contribution in [0.5, 0.6) is 0 Å². The Morgan fingerprint density at radius 3 is 2.05 bits per heavy atom. The number of alkyl halides is 6. The molecular weight excluding hydrogens is 583 g/mol. The van der Waals surface area contributed by atoms with Crippen molar-refractivity contribution in [2.75, 3.05) is 26.3 Å². The fourth-order valence-corrected chi connectivity index (χ4v) is 7.09. The van der Waals surface area contributed by atoms with Gasteiger partial charge in [0.05, 0.1) is 48.1 Å². The zero-order valence-corrected chi connectivity index (χ0v) is 24.1. The summed E-state index contributed by atoms with van der Waals surface area (Å²) in [7, 11) is 0. The molecule has 3 heterocycles.